The fourth-order valence-corrected chi connectivity index (χ4v) is 18.3. The molecule has 0 saturated carbocycles. The molecule has 15 aromatic rings. The highest BCUT2D eigenvalue weighted by Gasteiger charge is 2.48. The lowest BCUT2D eigenvalue weighted by Gasteiger charge is -2.39. The standard InChI is InChI=1S/C75H51N5Si2/c1-5-28-54(29-6-1)81(55-30-7-2-8-31-55,56-32-9-3-10-33-56)58-36-23-26-52(50-58)73-76-74(78-75(77-73)64-41-16-20-46-68(64)79-65-43-17-13-38-60(65)61-39-14-18-44-66(61)79)53-27-24-37-59(51-53)82(57-34-11-4-12-35-57)70-48-22-21-47-69(70)80-67-45-19-15-40-62(67)63-42-25-49-71(82)72(63)80/h1-51H/i1D,2D,3D,4D,5D,6D,7D,8D,9D,10D,11D,12D,13D,14D,15D,17D,18D,19D,21D,22D,23D,24D,25D,26D,27D,28D,29D,30D,31D,32D,33D,34D,35D,36D,37D,38D,39D,40D,42D,43D,44D,45D,47D,48D,49D,50D,51D. The van der Waals surface area contributed by atoms with E-state index in [4.69, 9.17) is 23.7 Å². The molecule has 0 fully saturated rings. The molecule has 0 radical (unpaired) electrons. The number of rotatable bonds is 10. The molecule has 0 spiro atoms. The van der Waals surface area contributed by atoms with Gasteiger partial charge in [0.2, 0.25) is 0 Å². The average molecular weight is 1130 g/mol. The molecule has 1 unspecified atom stereocenters. The van der Waals surface area contributed by atoms with E-state index in [1.165, 1.54) is 12.1 Å². The van der Waals surface area contributed by atoms with Crippen molar-refractivity contribution in [1.29, 1.82) is 0 Å². The maximum atomic E-state index is 11.2. The van der Waals surface area contributed by atoms with E-state index in [1.807, 2.05) is 0 Å². The molecule has 16 rings (SSSR count). The maximum absolute atomic E-state index is 11.2. The van der Waals surface area contributed by atoms with E-state index in [0.29, 0.717) is 0 Å². The van der Waals surface area contributed by atoms with Crippen LogP contribution < -0.4 is 41.5 Å². The Kier molecular flexibility index (Phi) is 4.69. The molecular formula is C75H51N5Si2. The van der Waals surface area contributed by atoms with Crippen molar-refractivity contribution >= 4 is 101 Å². The fourth-order valence-electron chi connectivity index (χ4n) is 10.6. The van der Waals surface area contributed by atoms with Gasteiger partial charge in [-0.25, -0.2) is 15.0 Å². The van der Waals surface area contributed by atoms with Gasteiger partial charge in [-0.3, -0.25) is 0 Å². The molecule has 5 nitrogen and oxygen atoms in total. The molecule has 0 amide bonds. The second kappa shape index (κ2) is 19.2. The Bertz CT molecular complexity index is 7500. The van der Waals surface area contributed by atoms with E-state index in [9.17, 15) is 50.7 Å². The summed E-state index contributed by atoms with van der Waals surface area (Å²) in [4.78, 5) is 14.2. The topological polar surface area (TPSA) is 48.5 Å². The highest BCUT2D eigenvalue weighted by atomic mass is 28.3. The van der Waals surface area contributed by atoms with Crippen molar-refractivity contribution in [2.24, 2.45) is 0 Å². The lowest BCUT2D eigenvalue weighted by Crippen LogP contribution is -2.76. The quantitative estimate of drug-likeness (QED) is 0.101. The van der Waals surface area contributed by atoms with Gasteiger partial charge in [0.1, 0.15) is 0 Å². The Balaban J connectivity index is 1.19. The van der Waals surface area contributed by atoms with E-state index >= 15 is 0 Å². The van der Waals surface area contributed by atoms with E-state index in [2.05, 4.69) is 4.98 Å². The summed E-state index contributed by atoms with van der Waals surface area (Å²) in [6.07, 6.45) is 0. The van der Waals surface area contributed by atoms with Crippen molar-refractivity contribution in [2.75, 3.05) is 0 Å². The minimum absolute atomic E-state index is 0.513. The van der Waals surface area contributed by atoms with Crippen LogP contribution in [0.1, 0.15) is 64.4 Å². The minimum Gasteiger partial charge on any atom is -0.309 e. The van der Waals surface area contributed by atoms with Crippen molar-refractivity contribution in [2.45, 2.75) is 0 Å². The molecule has 3 aromatic heterocycles. The van der Waals surface area contributed by atoms with Crippen molar-refractivity contribution in [3.63, 3.8) is 0 Å². The number of para-hydroxylation sites is 6. The van der Waals surface area contributed by atoms with Gasteiger partial charge in [0.15, 0.2) is 33.6 Å². The molecule has 82 heavy (non-hydrogen) atoms. The van der Waals surface area contributed by atoms with Crippen LogP contribution in [0.4, 0.5) is 0 Å². The summed E-state index contributed by atoms with van der Waals surface area (Å²) in [6.45, 7) is 0. The van der Waals surface area contributed by atoms with Gasteiger partial charge in [-0.15, -0.1) is 0 Å². The Morgan fingerprint density at radius 1 is 0.329 bits per heavy atom. The lowest BCUT2D eigenvalue weighted by atomic mass is 10.1. The van der Waals surface area contributed by atoms with Gasteiger partial charge in [-0.1, -0.05) is 272 Å². The van der Waals surface area contributed by atoms with Gasteiger partial charge in [-0.05, 0) is 77.8 Å². The van der Waals surface area contributed by atoms with Gasteiger partial charge in [-0.2, -0.15) is 0 Å². The van der Waals surface area contributed by atoms with Crippen LogP contribution in [0.3, 0.4) is 0 Å². The van der Waals surface area contributed by atoms with Gasteiger partial charge in [0, 0.05) is 43.9 Å². The third-order valence-corrected chi connectivity index (χ3v) is 22.1. The number of hydrogen-bond donors (Lipinski definition) is 0. The van der Waals surface area contributed by atoms with E-state index in [1.54, 1.807) is 0 Å². The highest BCUT2D eigenvalue weighted by Crippen LogP contribution is 2.38. The molecule has 1 aliphatic rings. The molecule has 12 aromatic carbocycles. The van der Waals surface area contributed by atoms with Crippen LogP contribution in [0.2, 0.25) is 0 Å². The predicted molar refractivity (Wildman–Crippen MR) is 346 cm³/mol. The monoisotopic (exact) mass is 1120 g/mol. The number of nitrogens with zero attached hydrogens (tertiary/aromatic N) is 5. The molecule has 0 N–H and O–H groups in total. The van der Waals surface area contributed by atoms with Crippen LogP contribution in [0.5, 0.6) is 0 Å². The van der Waals surface area contributed by atoms with E-state index in [0.717, 1.165) is 21.3 Å². The molecule has 0 aliphatic carbocycles. The summed E-state index contributed by atoms with van der Waals surface area (Å²) in [5.41, 5.74) is -7.55. The van der Waals surface area contributed by atoms with Crippen molar-refractivity contribution in [3.05, 3.63) is 308 Å². The van der Waals surface area contributed by atoms with Crippen molar-refractivity contribution < 1.29 is 64.4 Å². The third kappa shape index (κ3) is 7.13. The van der Waals surface area contributed by atoms with Gasteiger partial charge in [0.25, 0.3) is 0 Å². The Morgan fingerprint density at radius 3 is 1.40 bits per heavy atom. The van der Waals surface area contributed by atoms with E-state index < -0.39 is 431 Å². The Labute approximate surface area is 543 Å². The number of fused-ring (bicyclic) bond motifs is 8. The molecule has 0 bridgehead atoms. The summed E-state index contributed by atoms with van der Waals surface area (Å²) in [5, 5.41) is -12.5. The van der Waals surface area contributed by atoms with Crippen LogP contribution in [-0.2, 0) is 0 Å². The number of hydrogen-bond acceptors (Lipinski definition) is 3. The van der Waals surface area contributed by atoms with Gasteiger partial charge < -0.3 is 9.13 Å². The first-order valence-electron chi connectivity index (χ1n) is 47.8. The summed E-state index contributed by atoms with van der Waals surface area (Å²) in [7, 11) is -13.5. The van der Waals surface area contributed by atoms with Crippen LogP contribution in [-0.4, -0.2) is 40.2 Å². The zero-order valence-electron chi connectivity index (χ0n) is 88.0. The maximum Gasteiger partial charge on any atom is 0.184 e. The van der Waals surface area contributed by atoms with Crippen molar-refractivity contribution in [1.82, 2.24) is 24.1 Å². The number of benzene rings is 12. The molecule has 0 saturated heterocycles. The molecule has 384 valence electrons. The minimum atomic E-state index is -6.85. The molecule has 4 heterocycles. The second-order valence-electron chi connectivity index (χ2n) is 17.9. The molecule has 1 atom stereocenters. The first-order valence-corrected chi connectivity index (χ1v) is 28.3. The SMILES string of the molecule is [2H]c1c([2H])c([2H])c([Si](c2c([2H])c([2H])c([2H])c([2H])c2[2H])(c2c([2H])c([2H])c([2H])c([2H])c2[2H])c2c([2H])c([2H])c([2H])c(-c3nc(-c4ccccc4-n4c5c([2H])c([2H])c([2H])c([2H])c5c5c([2H])c([2H])c([2H])c([2H])c54)nc(-c4c([2H])c([2H])c([2H])c([Si]5(c6c([2H])c([2H])c([2H])c([2H])c6[2H])c6c([2H])c([2H])c([2H])c([2H])c6-n6c7c([2H])c([2H])c([2H])c([2H])c7c7c([2H])c([2H])c([2H])c5c76)c4[2H])n3)c2[2H])c([2H])c1[2H]. The zero-order valence-corrected chi connectivity index (χ0v) is 43.0. The smallest absolute Gasteiger partial charge is 0.184 e. The summed E-state index contributed by atoms with van der Waals surface area (Å²) in [5.74, 6) is -3.76. The molecular weight excluding hydrogens is 1030 g/mol. The average Bonchev–Trinajstić information content (AvgIpc) is 1.57. The highest BCUT2D eigenvalue weighted by molar-refractivity contribution is 7.21. The Morgan fingerprint density at radius 2 is 0.768 bits per heavy atom. The van der Waals surface area contributed by atoms with Crippen LogP contribution >= 0.6 is 0 Å². The summed E-state index contributed by atoms with van der Waals surface area (Å²) < 4.78 is 453. The zero-order chi connectivity index (χ0) is 95.1. The van der Waals surface area contributed by atoms with Gasteiger partial charge in [0.05, 0.1) is 92.2 Å². The Hall–Kier alpha value is -10.3. The normalized spacial score (nSPS) is 21.9. The summed E-state index contributed by atoms with van der Waals surface area (Å²) >= 11 is 0. The first kappa shape index (κ1) is 20.0. The van der Waals surface area contributed by atoms with Crippen LogP contribution in [0.25, 0.3) is 89.2 Å². The fraction of sp³-hybridized carbons (Fsp3) is 0. The van der Waals surface area contributed by atoms with Gasteiger partial charge >= 0.3 is 0 Å². The summed E-state index contributed by atoms with van der Waals surface area (Å²) in [6, 6.07) is -54.4. The third-order valence-electron chi connectivity index (χ3n) is 13.9. The van der Waals surface area contributed by atoms with Crippen LogP contribution in [0.15, 0.2) is 308 Å². The number of aromatic nitrogens is 5. The first-order chi connectivity index (χ1) is 60.2. The predicted octanol–water partition coefficient (Wildman–Crippen LogP) is 12.1. The van der Waals surface area contributed by atoms with E-state index in [-0.39, 0.29) is 0 Å². The van der Waals surface area contributed by atoms with Crippen molar-refractivity contribution in [3.8, 4) is 45.5 Å². The second-order valence-corrected chi connectivity index (χ2v) is 24.9. The molecule has 1 aliphatic heterocycles. The lowest BCUT2D eigenvalue weighted by molar-refractivity contribution is 1.06. The van der Waals surface area contributed by atoms with Crippen LogP contribution in [0, 0.1) is 0 Å². The molecule has 7 heteroatoms. The largest absolute Gasteiger partial charge is 0.309 e.